The number of allylic oxidation sites excluding steroid dienone is 2. The van der Waals surface area contributed by atoms with Gasteiger partial charge in [0.2, 0.25) is 0 Å². The number of aliphatic carboxylic acids is 1. The molecule has 1 N–H and O–H groups in total. The molecule has 0 atom stereocenters. The van der Waals surface area contributed by atoms with Gasteiger partial charge in [0.25, 0.3) is 0 Å². The normalized spacial score (nSPS) is 14.2. The Hall–Kier alpha value is -1.91. The monoisotopic (exact) mass is 406 g/mol. The van der Waals surface area contributed by atoms with E-state index < -0.39 is 17.9 Å². The second-order valence-electron chi connectivity index (χ2n) is 7.86. The summed E-state index contributed by atoms with van der Waals surface area (Å²) >= 11 is 0. The summed E-state index contributed by atoms with van der Waals surface area (Å²) in [7, 11) is 0. The number of carbonyl (C=O) groups excluding carboxylic acids is 2. The Bertz CT molecular complexity index is 574. The highest BCUT2D eigenvalue weighted by Gasteiger charge is 2.32. The van der Waals surface area contributed by atoms with Gasteiger partial charge in [-0.1, -0.05) is 70.4 Å². The third kappa shape index (κ3) is 11.6. The van der Waals surface area contributed by atoms with E-state index >= 15 is 0 Å². The summed E-state index contributed by atoms with van der Waals surface area (Å²) in [5, 5.41) is 8.76. The van der Waals surface area contributed by atoms with E-state index in [1.807, 2.05) is 0 Å². The van der Waals surface area contributed by atoms with Gasteiger partial charge in [-0.2, -0.15) is 0 Å². The topological polar surface area (TPSA) is 80.7 Å². The number of carbonyl (C=O) groups is 3. The maximum Gasteiger partial charge on any atom is 0.342 e. The van der Waals surface area contributed by atoms with Crippen LogP contribution in [0, 0.1) is 0 Å². The van der Waals surface area contributed by atoms with E-state index in [1.165, 1.54) is 51.4 Å². The van der Waals surface area contributed by atoms with Gasteiger partial charge in [0.1, 0.15) is 0 Å². The van der Waals surface area contributed by atoms with Crippen molar-refractivity contribution in [2.45, 2.75) is 110 Å². The van der Waals surface area contributed by atoms with E-state index in [1.54, 1.807) is 0 Å². The molecule has 0 saturated carbocycles. The minimum absolute atomic E-state index is 0.0698. The second kappa shape index (κ2) is 15.9. The molecule has 0 fully saturated rings. The first-order chi connectivity index (χ1) is 14.1. The van der Waals surface area contributed by atoms with E-state index in [4.69, 9.17) is 5.11 Å². The minimum atomic E-state index is -0.981. The van der Waals surface area contributed by atoms with E-state index in [0.29, 0.717) is 12.0 Å². The van der Waals surface area contributed by atoms with Crippen LogP contribution in [0.15, 0.2) is 23.3 Å². The summed E-state index contributed by atoms with van der Waals surface area (Å²) in [5.41, 5.74) is 0.641. The number of hydrogen-bond donors (Lipinski definition) is 1. The zero-order valence-corrected chi connectivity index (χ0v) is 18.0. The Labute approximate surface area is 175 Å². The van der Waals surface area contributed by atoms with Gasteiger partial charge >= 0.3 is 17.9 Å². The number of rotatable bonds is 18. The summed E-state index contributed by atoms with van der Waals surface area (Å²) in [6.07, 6.45) is 20.7. The third-order valence-electron chi connectivity index (χ3n) is 5.32. The van der Waals surface area contributed by atoms with Crippen molar-refractivity contribution < 1.29 is 24.2 Å². The van der Waals surface area contributed by atoms with Crippen molar-refractivity contribution in [2.24, 2.45) is 0 Å². The van der Waals surface area contributed by atoms with Crippen LogP contribution in [0.2, 0.25) is 0 Å². The second-order valence-corrected chi connectivity index (χ2v) is 7.86. The highest BCUT2D eigenvalue weighted by atomic mass is 16.6. The van der Waals surface area contributed by atoms with E-state index in [0.717, 1.165) is 32.1 Å². The number of carboxylic acid groups (broad SMARTS) is 1. The molecule has 5 heteroatoms. The molecule has 1 aliphatic rings. The molecule has 29 heavy (non-hydrogen) atoms. The molecule has 1 aliphatic heterocycles. The largest absolute Gasteiger partial charge is 0.481 e. The molecule has 1 heterocycles. The predicted octanol–water partition coefficient (Wildman–Crippen LogP) is 6.27. The average molecular weight is 407 g/mol. The minimum Gasteiger partial charge on any atom is -0.481 e. The van der Waals surface area contributed by atoms with Gasteiger partial charge in [-0.15, -0.1) is 0 Å². The van der Waals surface area contributed by atoms with Crippen molar-refractivity contribution in [1.82, 2.24) is 0 Å². The molecule has 0 unspecified atom stereocenters. The molecular weight excluding hydrogens is 368 g/mol. The number of hydrogen-bond acceptors (Lipinski definition) is 4. The highest BCUT2D eigenvalue weighted by Crippen LogP contribution is 2.26. The molecule has 0 bridgehead atoms. The van der Waals surface area contributed by atoms with Crippen LogP contribution in [0.3, 0.4) is 0 Å². The molecule has 0 saturated heterocycles. The Morgan fingerprint density at radius 1 is 0.759 bits per heavy atom. The fourth-order valence-electron chi connectivity index (χ4n) is 3.56. The average Bonchev–Trinajstić information content (AvgIpc) is 2.95. The third-order valence-corrected chi connectivity index (χ3v) is 5.32. The Balaban J connectivity index is 2.06. The molecule has 0 spiro atoms. The van der Waals surface area contributed by atoms with Crippen molar-refractivity contribution >= 4 is 17.9 Å². The molecule has 0 aromatic rings. The molecule has 1 rings (SSSR count). The van der Waals surface area contributed by atoms with E-state index in [9.17, 15) is 14.4 Å². The molecule has 0 aromatic heterocycles. The molecule has 0 amide bonds. The SMILES string of the molecule is CCCCCCCC/C=C\CCCCCCCC1=C(CCC(=O)O)C(=O)OC1=O. The number of cyclic esters (lactones) is 2. The Kier molecular flexibility index (Phi) is 13.8. The highest BCUT2D eigenvalue weighted by molar-refractivity contribution is 6.12. The van der Waals surface area contributed by atoms with E-state index in [2.05, 4.69) is 23.8 Å². The number of unbranched alkanes of at least 4 members (excludes halogenated alkanes) is 11. The van der Waals surface area contributed by atoms with Crippen LogP contribution < -0.4 is 0 Å². The summed E-state index contributed by atoms with van der Waals surface area (Å²) in [6, 6.07) is 0. The lowest BCUT2D eigenvalue weighted by molar-refractivity contribution is -0.151. The van der Waals surface area contributed by atoms with Gasteiger partial charge < -0.3 is 9.84 Å². The smallest absolute Gasteiger partial charge is 0.342 e. The van der Waals surface area contributed by atoms with Gasteiger partial charge in [-0.05, 0) is 44.9 Å². The van der Waals surface area contributed by atoms with Gasteiger partial charge in [-0.3, -0.25) is 4.79 Å². The molecular formula is C24H38O5. The van der Waals surface area contributed by atoms with Crippen LogP contribution in [0.1, 0.15) is 110 Å². The van der Waals surface area contributed by atoms with Gasteiger partial charge in [0.05, 0.1) is 0 Å². The molecule has 0 aromatic carbocycles. The molecule has 5 nitrogen and oxygen atoms in total. The maximum atomic E-state index is 11.8. The Morgan fingerprint density at radius 2 is 1.24 bits per heavy atom. The van der Waals surface area contributed by atoms with Crippen molar-refractivity contribution in [2.75, 3.05) is 0 Å². The first-order valence-corrected chi connectivity index (χ1v) is 11.4. The van der Waals surface area contributed by atoms with E-state index in [-0.39, 0.29) is 18.4 Å². The van der Waals surface area contributed by atoms with Crippen LogP contribution in [0.5, 0.6) is 0 Å². The summed E-state index contributed by atoms with van der Waals surface area (Å²) in [5.74, 6) is -2.24. The van der Waals surface area contributed by atoms with Crippen molar-refractivity contribution in [3.05, 3.63) is 23.3 Å². The van der Waals surface area contributed by atoms with Gasteiger partial charge in [0.15, 0.2) is 0 Å². The number of esters is 2. The van der Waals surface area contributed by atoms with Crippen LogP contribution in [-0.2, 0) is 19.1 Å². The molecule has 0 aliphatic carbocycles. The lowest BCUT2D eigenvalue weighted by Crippen LogP contribution is -2.03. The van der Waals surface area contributed by atoms with Crippen LogP contribution in [-0.4, -0.2) is 23.0 Å². The van der Waals surface area contributed by atoms with Gasteiger partial charge in [-0.25, -0.2) is 9.59 Å². The van der Waals surface area contributed by atoms with Crippen LogP contribution >= 0.6 is 0 Å². The molecule has 0 radical (unpaired) electrons. The van der Waals surface area contributed by atoms with Crippen molar-refractivity contribution in [3.63, 3.8) is 0 Å². The zero-order valence-electron chi connectivity index (χ0n) is 18.0. The summed E-state index contributed by atoms with van der Waals surface area (Å²) in [4.78, 5) is 34.1. The maximum absolute atomic E-state index is 11.8. The predicted molar refractivity (Wildman–Crippen MR) is 114 cm³/mol. The van der Waals surface area contributed by atoms with Gasteiger partial charge in [0, 0.05) is 17.6 Å². The quantitative estimate of drug-likeness (QED) is 0.126. The zero-order chi connectivity index (χ0) is 21.3. The molecule has 164 valence electrons. The van der Waals surface area contributed by atoms with Crippen LogP contribution in [0.25, 0.3) is 0 Å². The van der Waals surface area contributed by atoms with Crippen molar-refractivity contribution in [3.8, 4) is 0 Å². The fourth-order valence-corrected chi connectivity index (χ4v) is 3.56. The fraction of sp³-hybridized carbons (Fsp3) is 0.708. The first kappa shape index (κ1) is 25.1. The summed E-state index contributed by atoms with van der Waals surface area (Å²) in [6.45, 7) is 2.24. The first-order valence-electron chi connectivity index (χ1n) is 11.4. The lowest BCUT2D eigenvalue weighted by Gasteiger charge is -2.02. The standard InChI is InChI=1S/C24H38O5/c1-2-3-4-5-6-7-8-9-10-11-12-13-14-15-16-17-20-21(18-19-22(25)26)24(28)29-23(20)27/h9-10H,2-8,11-19H2,1H3,(H,25,26)/b10-9-. The lowest BCUT2D eigenvalue weighted by atomic mass is 9.99. The summed E-state index contributed by atoms with van der Waals surface area (Å²) < 4.78 is 4.64. The number of carboxylic acids is 1. The number of ether oxygens (including phenoxy) is 1. The van der Waals surface area contributed by atoms with Crippen LogP contribution in [0.4, 0.5) is 0 Å². The Morgan fingerprint density at radius 3 is 1.79 bits per heavy atom. The van der Waals surface area contributed by atoms with Crippen molar-refractivity contribution in [1.29, 1.82) is 0 Å².